The Morgan fingerprint density at radius 2 is 1.92 bits per heavy atom. The van der Waals surface area contributed by atoms with Crippen molar-refractivity contribution in [1.29, 1.82) is 0 Å². The predicted octanol–water partition coefficient (Wildman–Crippen LogP) is 3.62. The van der Waals surface area contributed by atoms with E-state index in [2.05, 4.69) is 17.7 Å². The van der Waals surface area contributed by atoms with Crippen molar-refractivity contribution in [2.24, 2.45) is 5.92 Å². The van der Waals surface area contributed by atoms with Crippen molar-refractivity contribution >= 4 is 52.8 Å². The van der Waals surface area contributed by atoms with E-state index < -0.39 is 17.5 Å². The fourth-order valence-corrected chi connectivity index (χ4v) is 4.71. The number of nitrogens with one attached hydrogen (secondary N) is 2. The van der Waals surface area contributed by atoms with Crippen molar-refractivity contribution in [1.82, 2.24) is 15.8 Å². The Balaban J connectivity index is 1.61. The maximum absolute atomic E-state index is 12.7. The van der Waals surface area contributed by atoms with E-state index in [0.717, 1.165) is 29.6 Å². The fraction of sp³-hybridized carbons (Fsp3) is 0.471. The molecule has 0 radical (unpaired) electrons. The van der Waals surface area contributed by atoms with Gasteiger partial charge in [-0.15, -0.1) is 11.8 Å². The number of amides is 4. The van der Waals surface area contributed by atoms with Crippen molar-refractivity contribution in [2.75, 3.05) is 5.75 Å². The highest BCUT2D eigenvalue weighted by molar-refractivity contribution is 8.00. The summed E-state index contributed by atoms with van der Waals surface area (Å²) in [6.45, 7) is 2.13. The van der Waals surface area contributed by atoms with Crippen molar-refractivity contribution < 1.29 is 14.4 Å². The van der Waals surface area contributed by atoms with Crippen LogP contribution >= 0.6 is 35.0 Å². The number of carbonyl (C=O) groups excluding carboxylic acids is 3. The van der Waals surface area contributed by atoms with Crippen LogP contribution in [0.5, 0.6) is 0 Å². The number of urea groups is 1. The van der Waals surface area contributed by atoms with Crippen LogP contribution < -0.4 is 10.7 Å². The molecule has 140 valence electrons. The van der Waals surface area contributed by atoms with E-state index in [9.17, 15) is 14.4 Å². The summed E-state index contributed by atoms with van der Waals surface area (Å²) in [4.78, 5) is 37.7. The molecule has 1 aliphatic heterocycles. The van der Waals surface area contributed by atoms with Gasteiger partial charge in [0.15, 0.2) is 0 Å². The number of hydrogen-bond acceptors (Lipinski definition) is 4. The maximum atomic E-state index is 12.7. The molecule has 4 amide bonds. The summed E-state index contributed by atoms with van der Waals surface area (Å²) in [5.74, 6) is -0.352. The van der Waals surface area contributed by atoms with E-state index in [1.54, 1.807) is 18.2 Å². The zero-order chi connectivity index (χ0) is 18.9. The third-order valence-electron chi connectivity index (χ3n) is 4.79. The summed E-state index contributed by atoms with van der Waals surface area (Å²) in [5.41, 5.74) is 1.52. The lowest BCUT2D eigenvalue weighted by atomic mass is 9.77. The van der Waals surface area contributed by atoms with Gasteiger partial charge in [0.05, 0.1) is 15.8 Å². The van der Waals surface area contributed by atoms with E-state index >= 15 is 0 Å². The van der Waals surface area contributed by atoms with Crippen molar-refractivity contribution in [3.8, 4) is 0 Å². The Morgan fingerprint density at radius 1 is 1.31 bits per heavy atom. The van der Waals surface area contributed by atoms with Crippen LogP contribution in [0.2, 0.25) is 10.0 Å². The molecule has 1 aromatic carbocycles. The Labute approximate surface area is 165 Å². The first kappa shape index (κ1) is 19.3. The summed E-state index contributed by atoms with van der Waals surface area (Å²) in [7, 11) is 0. The van der Waals surface area contributed by atoms with E-state index in [4.69, 9.17) is 23.2 Å². The normalized spacial score (nSPS) is 25.5. The monoisotopic (exact) mass is 415 g/mol. The Kier molecular flexibility index (Phi) is 5.69. The number of hydrazine groups is 1. The molecular formula is C17H19Cl2N3O3S. The molecule has 3 rings (SSSR count). The lowest BCUT2D eigenvalue weighted by molar-refractivity contribution is -0.139. The van der Waals surface area contributed by atoms with E-state index in [1.165, 1.54) is 0 Å². The van der Waals surface area contributed by atoms with E-state index in [-0.39, 0.29) is 11.7 Å². The molecule has 1 saturated heterocycles. The third kappa shape index (κ3) is 3.80. The highest BCUT2D eigenvalue weighted by atomic mass is 35.5. The van der Waals surface area contributed by atoms with Gasteiger partial charge in [-0.1, -0.05) is 36.2 Å². The first-order chi connectivity index (χ1) is 12.3. The highest BCUT2D eigenvalue weighted by Gasteiger charge is 2.52. The largest absolute Gasteiger partial charge is 0.344 e. The van der Waals surface area contributed by atoms with Crippen molar-refractivity contribution in [3.63, 3.8) is 0 Å². The van der Waals surface area contributed by atoms with Gasteiger partial charge in [-0.05, 0) is 43.7 Å². The summed E-state index contributed by atoms with van der Waals surface area (Å²) >= 11 is 13.3. The van der Waals surface area contributed by atoms with Crippen LogP contribution in [-0.4, -0.2) is 34.1 Å². The molecule has 6 nitrogen and oxygen atoms in total. The number of carbonyl (C=O) groups is 3. The second-order valence-corrected chi connectivity index (χ2v) is 8.51. The molecule has 1 aromatic rings. The number of rotatable bonds is 4. The van der Waals surface area contributed by atoms with Crippen LogP contribution in [0.3, 0.4) is 0 Å². The summed E-state index contributed by atoms with van der Waals surface area (Å²) in [6.07, 6.45) is 2.92. The topological polar surface area (TPSA) is 78.5 Å². The van der Waals surface area contributed by atoms with Gasteiger partial charge in [-0.2, -0.15) is 5.01 Å². The molecule has 2 fully saturated rings. The minimum atomic E-state index is -0.879. The smallest absolute Gasteiger partial charge is 0.322 e. The van der Waals surface area contributed by atoms with Crippen molar-refractivity contribution in [3.05, 3.63) is 28.2 Å². The summed E-state index contributed by atoms with van der Waals surface area (Å²) < 4.78 is 0. The van der Waals surface area contributed by atoms with Gasteiger partial charge in [-0.25, -0.2) is 4.79 Å². The zero-order valence-corrected chi connectivity index (χ0v) is 16.5. The Hall–Kier alpha value is -1.44. The third-order valence-corrected chi connectivity index (χ3v) is 6.78. The Morgan fingerprint density at radius 3 is 2.54 bits per heavy atom. The zero-order valence-electron chi connectivity index (χ0n) is 14.2. The number of halogens is 2. The molecule has 1 aliphatic carbocycles. The molecular weight excluding hydrogens is 397 g/mol. The number of thioether (sulfide) groups is 1. The molecule has 1 spiro atoms. The molecule has 2 N–H and O–H groups in total. The second kappa shape index (κ2) is 7.66. The first-order valence-electron chi connectivity index (χ1n) is 8.35. The van der Waals surface area contributed by atoms with Crippen LogP contribution in [0.15, 0.2) is 23.1 Å². The number of hydrogen-bond donors (Lipinski definition) is 2. The highest BCUT2D eigenvalue weighted by Crippen LogP contribution is 2.36. The van der Waals surface area contributed by atoms with Crippen molar-refractivity contribution in [2.45, 2.75) is 43.0 Å². The minimum Gasteiger partial charge on any atom is -0.322 e. The predicted molar refractivity (Wildman–Crippen MR) is 101 cm³/mol. The van der Waals surface area contributed by atoms with E-state index in [1.807, 2.05) is 0 Å². The van der Waals surface area contributed by atoms with Gasteiger partial charge in [-0.3, -0.25) is 15.0 Å². The standard InChI is InChI=1S/C17H19Cl2N3O3S/c1-10-5-7-17(8-6-10)15(24)22(16(25)20-17)21-13(23)9-26-14-11(18)3-2-4-12(14)19/h2-4,10H,5-9H2,1H3,(H,20,25)(H,21,23). The molecule has 9 heteroatoms. The fourth-order valence-electron chi connectivity index (χ4n) is 3.23. The summed E-state index contributed by atoms with van der Waals surface area (Å²) in [6, 6.07) is 4.49. The van der Waals surface area contributed by atoms with Gasteiger partial charge in [0, 0.05) is 4.90 Å². The molecule has 0 bridgehead atoms. The van der Waals surface area contributed by atoms with Gasteiger partial charge in [0.1, 0.15) is 5.54 Å². The molecule has 0 unspecified atom stereocenters. The average Bonchev–Trinajstić information content (AvgIpc) is 2.82. The first-order valence-corrected chi connectivity index (χ1v) is 10.1. The van der Waals surface area contributed by atoms with Gasteiger partial charge in [0.25, 0.3) is 5.91 Å². The quantitative estimate of drug-likeness (QED) is 0.581. The average molecular weight is 416 g/mol. The molecule has 1 saturated carbocycles. The molecule has 0 atom stereocenters. The van der Waals surface area contributed by atoms with Gasteiger partial charge in [0.2, 0.25) is 5.91 Å². The lowest BCUT2D eigenvalue weighted by Crippen LogP contribution is -2.51. The minimum absolute atomic E-state index is 0.0233. The second-order valence-electron chi connectivity index (χ2n) is 6.71. The molecule has 2 aliphatic rings. The maximum Gasteiger partial charge on any atom is 0.344 e. The van der Waals surface area contributed by atoms with Gasteiger partial charge >= 0.3 is 6.03 Å². The number of imide groups is 1. The SMILES string of the molecule is CC1CCC2(CC1)NC(=O)N(NC(=O)CSc1c(Cl)cccc1Cl)C2=O. The van der Waals surface area contributed by atoms with Crippen LogP contribution in [0, 0.1) is 5.92 Å². The molecule has 1 heterocycles. The van der Waals surface area contributed by atoms with Crippen LogP contribution in [-0.2, 0) is 9.59 Å². The molecule has 26 heavy (non-hydrogen) atoms. The van der Waals surface area contributed by atoms with E-state index in [0.29, 0.717) is 33.7 Å². The van der Waals surface area contributed by atoms with Gasteiger partial charge < -0.3 is 5.32 Å². The van der Waals surface area contributed by atoms with Crippen LogP contribution in [0.4, 0.5) is 4.79 Å². The Bertz CT molecular complexity index is 731. The summed E-state index contributed by atoms with van der Waals surface area (Å²) in [5, 5.41) is 4.45. The number of benzene rings is 1. The van der Waals surface area contributed by atoms with Crippen LogP contribution in [0.25, 0.3) is 0 Å². The molecule has 0 aromatic heterocycles. The van der Waals surface area contributed by atoms with Crippen LogP contribution in [0.1, 0.15) is 32.6 Å². The lowest BCUT2D eigenvalue weighted by Gasteiger charge is -2.33. The number of nitrogens with zero attached hydrogens (tertiary/aromatic N) is 1.